The second kappa shape index (κ2) is 6.69. The van der Waals surface area contributed by atoms with Gasteiger partial charge in [-0.25, -0.2) is 0 Å². The average molecular weight is 317 g/mol. The maximum atomic E-state index is 12.3. The number of nitrogens with zero attached hydrogens (tertiary/aromatic N) is 4. The molecule has 0 bridgehead atoms. The highest BCUT2D eigenvalue weighted by molar-refractivity contribution is 5.79. The van der Waals surface area contributed by atoms with Crippen LogP contribution >= 0.6 is 0 Å². The molecule has 124 valence electrons. The minimum absolute atomic E-state index is 0.0298. The van der Waals surface area contributed by atoms with Crippen molar-refractivity contribution in [2.75, 3.05) is 26.2 Å². The van der Waals surface area contributed by atoms with E-state index >= 15 is 0 Å². The van der Waals surface area contributed by atoms with Gasteiger partial charge in [-0.3, -0.25) is 14.4 Å². The number of nitriles is 1. The van der Waals surface area contributed by atoms with Gasteiger partial charge >= 0.3 is 0 Å². The largest absolute Gasteiger partial charge is 0.374 e. The van der Waals surface area contributed by atoms with Crippen LogP contribution < -0.4 is 5.32 Å². The topological polar surface area (TPSA) is 83.2 Å². The van der Waals surface area contributed by atoms with E-state index in [0.717, 1.165) is 19.4 Å². The van der Waals surface area contributed by atoms with E-state index in [0.29, 0.717) is 32.2 Å². The third kappa shape index (κ3) is 4.09. The molecule has 1 aromatic heterocycles. The molecule has 1 aliphatic carbocycles. The third-order valence-corrected chi connectivity index (χ3v) is 4.57. The average Bonchev–Trinajstić information content (AvgIpc) is 3.27. The molecule has 0 spiro atoms. The number of carbonyl (C=O) groups is 1. The third-order valence-electron chi connectivity index (χ3n) is 4.57. The van der Waals surface area contributed by atoms with Crippen LogP contribution in [0.3, 0.4) is 0 Å². The number of aromatic nitrogens is 2. The van der Waals surface area contributed by atoms with E-state index in [9.17, 15) is 10.1 Å². The molecule has 7 heteroatoms. The number of amides is 1. The summed E-state index contributed by atoms with van der Waals surface area (Å²) in [4.78, 5) is 14.4. The van der Waals surface area contributed by atoms with Crippen LogP contribution in [0.2, 0.25) is 0 Å². The van der Waals surface area contributed by atoms with Crippen molar-refractivity contribution in [1.82, 2.24) is 20.0 Å². The van der Waals surface area contributed by atoms with Crippen LogP contribution in [0.5, 0.6) is 0 Å². The van der Waals surface area contributed by atoms with Gasteiger partial charge in [-0.1, -0.05) is 0 Å². The van der Waals surface area contributed by atoms with E-state index in [1.807, 2.05) is 23.9 Å². The fraction of sp³-hybridized carbons (Fsp3) is 0.688. The van der Waals surface area contributed by atoms with Gasteiger partial charge in [0.05, 0.1) is 31.9 Å². The van der Waals surface area contributed by atoms with E-state index in [1.54, 1.807) is 6.20 Å². The van der Waals surface area contributed by atoms with Crippen molar-refractivity contribution in [2.45, 2.75) is 38.0 Å². The zero-order valence-corrected chi connectivity index (χ0v) is 13.4. The quantitative estimate of drug-likeness (QED) is 0.821. The lowest BCUT2D eigenvalue weighted by Crippen LogP contribution is -2.53. The van der Waals surface area contributed by atoms with Gasteiger partial charge in [0.2, 0.25) is 5.91 Å². The lowest BCUT2D eigenvalue weighted by Gasteiger charge is -2.33. The Hall–Kier alpha value is -1.91. The zero-order valence-electron chi connectivity index (χ0n) is 13.4. The summed E-state index contributed by atoms with van der Waals surface area (Å²) in [6.45, 7) is 4.85. The predicted molar refractivity (Wildman–Crippen MR) is 83.3 cm³/mol. The first kappa shape index (κ1) is 16.0. The molecule has 2 atom stereocenters. The molecule has 7 nitrogen and oxygen atoms in total. The van der Waals surface area contributed by atoms with Crippen LogP contribution in [0.25, 0.3) is 0 Å². The molecule has 23 heavy (non-hydrogen) atoms. The molecule has 1 amide bonds. The Morgan fingerprint density at radius 3 is 3.04 bits per heavy atom. The van der Waals surface area contributed by atoms with Gasteiger partial charge in [-0.15, -0.1) is 0 Å². The lowest BCUT2D eigenvalue weighted by atomic mass is 9.98. The molecule has 2 aliphatic rings. The number of carbonyl (C=O) groups excluding carboxylic acids is 1. The highest BCUT2D eigenvalue weighted by Crippen LogP contribution is 2.39. The summed E-state index contributed by atoms with van der Waals surface area (Å²) in [5, 5.41) is 16.4. The molecule has 1 saturated carbocycles. The Bertz CT molecular complexity index is 578. The predicted octanol–water partition coefficient (Wildman–Crippen LogP) is 0.392. The molecule has 0 radical (unpaired) electrons. The maximum Gasteiger partial charge on any atom is 0.235 e. The minimum atomic E-state index is -0.724. The molecule has 1 saturated heterocycles. The van der Waals surface area contributed by atoms with E-state index in [2.05, 4.69) is 21.4 Å². The molecule has 1 aromatic rings. The van der Waals surface area contributed by atoms with Gasteiger partial charge < -0.3 is 10.1 Å². The highest BCUT2D eigenvalue weighted by Gasteiger charge is 2.43. The molecule has 0 unspecified atom stereocenters. The second-order valence-corrected chi connectivity index (χ2v) is 6.59. The Morgan fingerprint density at radius 1 is 1.57 bits per heavy atom. The van der Waals surface area contributed by atoms with Gasteiger partial charge in [-0.05, 0) is 31.7 Å². The number of rotatable bonds is 6. The minimum Gasteiger partial charge on any atom is -0.374 e. The van der Waals surface area contributed by atoms with Crippen molar-refractivity contribution < 1.29 is 9.53 Å². The first-order chi connectivity index (χ1) is 11.1. The second-order valence-electron chi connectivity index (χ2n) is 6.59. The lowest BCUT2D eigenvalue weighted by molar-refractivity contribution is -0.125. The summed E-state index contributed by atoms with van der Waals surface area (Å²) in [5.74, 6) is 0.217. The number of hydrogen-bond acceptors (Lipinski definition) is 5. The van der Waals surface area contributed by atoms with Gasteiger partial charge in [0.1, 0.15) is 5.54 Å². The van der Waals surface area contributed by atoms with Gasteiger partial charge in [0.25, 0.3) is 0 Å². The summed E-state index contributed by atoms with van der Waals surface area (Å²) in [6, 6.07) is 4.14. The van der Waals surface area contributed by atoms with Crippen molar-refractivity contribution in [3.8, 4) is 6.07 Å². The van der Waals surface area contributed by atoms with Crippen LogP contribution in [0, 0.1) is 17.2 Å². The molecular weight excluding hydrogens is 294 g/mol. The summed E-state index contributed by atoms with van der Waals surface area (Å²) < 4.78 is 7.59. The van der Waals surface area contributed by atoms with Crippen molar-refractivity contribution >= 4 is 5.91 Å². The van der Waals surface area contributed by atoms with Crippen LogP contribution in [0.4, 0.5) is 0 Å². The summed E-state index contributed by atoms with van der Waals surface area (Å²) >= 11 is 0. The van der Waals surface area contributed by atoms with Gasteiger partial charge in [0.15, 0.2) is 0 Å². The molecular formula is C16H23N5O2. The maximum absolute atomic E-state index is 12.3. The Morgan fingerprint density at radius 2 is 2.39 bits per heavy atom. The van der Waals surface area contributed by atoms with Crippen LogP contribution in [0.1, 0.15) is 19.8 Å². The molecule has 0 aromatic carbocycles. The fourth-order valence-electron chi connectivity index (χ4n) is 3.07. The van der Waals surface area contributed by atoms with Gasteiger partial charge in [-0.2, -0.15) is 10.4 Å². The van der Waals surface area contributed by atoms with Crippen LogP contribution in [-0.4, -0.2) is 58.5 Å². The van der Waals surface area contributed by atoms with E-state index < -0.39 is 5.54 Å². The summed E-state index contributed by atoms with van der Waals surface area (Å²) in [5.41, 5.74) is -0.724. The number of ether oxygens (including phenoxy) is 1. The van der Waals surface area contributed by atoms with Crippen LogP contribution in [0.15, 0.2) is 18.5 Å². The molecule has 3 rings (SSSR count). The van der Waals surface area contributed by atoms with E-state index in [4.69, 9.17) is 4.74 Å². The first-order valence-electron chi connectivity index (χ1n) is 8.13. The smallest absolute Gasteiger partial charge is 0.235 e. The Balaban J connectivity index is 1.49. The normalized spacial score (nSPS) is 24.6. The fourth-order valence-corrected chi connectivity index (χ4v) is 3.07. The molecule has 1 N–H and O–H groups in total. The number of hydrogen-bond donors (Lipinski definition) is 1. The highest BCUT2D eigenvalue weighted by atomic mass is 16.5. The Labute approximate surface area is 136 Å². The van der Waals surface area contributed by atoms with Crippen LogP contribution in [-0.2, 0) is 16.1 Å². The van der Waals surface area contributed by atoms with E-state index in [1.165, 1.54) is 0 Å². The first-order valence-corrected chi connectivity index (χ1v) is 8.13. The number of nitrogens with one attached hydrogen (secondary N) is 1. The van der Waals surface area contributed by atoms with Gasteiger partial charge in [0, 0.05) is 25.5 Å². The van der Waals surface area contributed by atoms with Crippen molar-refractivity contribution in [2.24, 2.45) is 5.92 Å². The monoisotopic (exact) mass is 317 g/mol. The van der Waals surface area contributed by atoms with Crippen molar-refractivity contribution in [3.05, 3.63) is 18.5 Å². The van der Waals surface area contributed by atoms with E-state index in [-0.39, 0.29) is 12.0 Å². The molecule has 1 aliphatic heterocycles. The standard InChI is InChI=1S/C16H23N5O2/c1-16(12-17,13-3-4-13)19-15(22)11-20-7-8-23-14(9-20)10-21-6-2-5-18-21/h2,5-6,13-14H,3-4,7-11H2,1H3,(H,19,22)/t14-,16+/m1/s1. The number of morpholine rings is 1. The molecule has 2 heterocycles. The summed E-state index contributed by atoms with van der Waals surface area (Å²) in [7, 11) is 0. The Kier molecular flexibility index (Phi) is 4.64. The SMILES string of the molecule is C[C@@](C#N)(NC(=O)CN1CCO[C@@H](Cn2cccn2)C1)C1CC1. The molecule has 2 fully saturated rings. The van der Waals surface area contributed by atoms with Crippen molar-refractivity contribution in [1.29, 1.82) is 5.26 Å². The van der Waals surface area contributed by atoms with Crippen molar-refractivity contribution in [3.63, 3.8) is 0 Å². The summed E-state index contributed by atoms with van der Waals surface area (Å²) in [6.07, 6.45) is 5.72. The zero-order chi connectivity index (χ0) is 16.3.